The van der Waals surface area contributed by atoms with Crippen LogP contribution in [0.4, 0.5) is 0 Å². The van der Waals surface area contributed by atoms with Crippen molar-refractivity contribution < 1.29 is 18.0 Å². The van der Waals surface area contributed by atoms with Crippen LogP contribution in [-0.2, 0) is 26.2 Å². The minimum atomic E-state index is -3.84. The maximum Gasteiger partial charge on any atom is 0.243 e. The van der Waals surface area contributed by atoms with Gasteiger partial charge in [0.15, 0.2) is 0 Å². The van der Waals surface area contributed by atoms with Crippen molar-refractivity contribution in [3.05, 3.63) is 65.2 Å². The maximum atomic E-state index is 13.3. The van der Waals surface area contributed by atoms with Crippen molar-refractivity contribution in [3.63, 3.8) is 0 Å². The summed E-state index contributed by atoms with van der Waals surface area (Å²) in [5.74, 6) is -0.678. The van der Waals surface area contributed by atoms with Gasteiger partial charge in [0, 0.05) is 20.1 Å². The first-order valence-electron chi connectivity index (χ1n) is 10.8. The van der Waals surface area contributed by atoms with Gasteiger partial charge in [0.2, 0.25) is 21.8 Å². The van der Waals surface area contributed by atoms with Crippen molar-refractivity contribution in [2.75, 3.05) is 20.1 Å². The summed E-state index contributed by atoms with van der Waals surface area (Å²) in [6, 6.07) is 13.5. The molecule has 0 aliphatic carbocycles. The Bertz CT molecular complexity index is 1040. The summed E-state index contributed by atoms with van der Waals surface area (Å²) in [4.78, 5) is 27.6. The van der Waals surface area contributed by atoms with Crippen LogP contribution < -0.4 is 5.32 Å². The Morgan fingerprint density at radius 1 is 1.00 bits per heavy atom. The number of nitrogens with zero attached hydrogens (tertiary/aromatic N) is 2. The topological polar surface area (TPSA) is 86.8 Å². The van der Waals surface area contributed by atoms with Gasteiger partial charge < -0.3 is 10.2 Å². The number of aryl methyl sites for hydroxylation is 2. The highest BCUT2D eigenvalue weighted by molar-refractivity contribution is 7.89. The SMILES string of the molecule is CCNC(=O)[C@@H](CC)N(Cc1cccc(C)c1)C(=O)CN(C)S(=O)(=O)c1ccc(C)cc1. The Morgan fingerprint density at radius 2 is 1.66 bits per heavy atom. The molecular formula is C24H33N3O4S. The molecule has 0 fully saturated rings. The van der Waals surface area contributed by atoms with E-state index in [-0.39, 0.29) is 23.9 Å². The number of nitrogens with one attached hydrogen (secondary N) is 1. The van der Waals surface area contributed by atoms with Gasteiger partial charge in [0.1, 0.15) is 6.04 Å². The maximum absolute atomic E-state index is 13.3. The quantitative estimate of drug-likeness (QED) is 0.592. The van der Waals surface area contributed by atoms with Crippen molar-refractivity contribution in [2.45, 2.75) is 51.6 Å². The highest BCUT2D eigenvalue weighted by Crippen LogP contribution is 2.18. The smallest absolute Gasteiger partial charge is 0.243 e. The van der Waals surface area contributed by atoms with Crippen LogP contribution >= 0.6 is 0 Å². The summed E-state index contributed by atoms with van der Waals surface area (Å²) in [5.41, 5.74) is 2.87. The lowest BCUT2D eigenvalue weighted by Gasteiger charge is -2.32. The molecule has 7 nitrogen and oxygen atoms in total. The molecule has 2 aromatic carbocycles. The second-order valence-corrected chi connectivity index (χ2v) is 9.95. The van der Waals surface area contributed by atoms with E-state index in [1.54, 1.807) is 12.1 Å². The Labute approximate surface area is 191 Å². The van der Waals surface area contributed by atoms with Crippen molar-refractivity contribution >= 4 is 21.8 Å². The van der Waals surface area contributed by atoms with E-state index in [4.69, 9.17) is 0 Å². The Hall–Kier alpha value is -2.71. The first-order valence-corrected chi connectivity index (χ1v) is 12.2. The van der Waals surface area contributed by atoms with Crippen LogP contribution in [0.15, 0.2) is 53.4 Å². The van der Waals surface area contributed by atoms with Gasteiger partial charge in [-0.1, -0.05) is 54.4 Å². The second-order valence-electron chi connectivity index (χ2n) is 7.90. The van der Waals surface area contributed by atoms with E-state index in [1.165, 1.54) is 24.1 Å². The first kappa shape index (κ1) is 25.5. The van der Waals surface area contributed by atoms with Crippen LogP contribution in [0.2, 0.25) is 0 Å². The summed E-state index contributed by atoms with van der Waals surface area (Å²) < 4.78 is 26.9. The molecule has 0 aromatic heterocycles. The minimum Gasteiger partial charge on any atom is -0.355 e. The third kappa shape index (κ3) is 6.40. The predicted octanol–water partition coefficient (Wildman–Crippen LogP) is 2.87. The zero-order valence-electron chi connectivity index (χ0n) is 19.5. The van der Waals surface area contributed by atoms with E-state index in [9.17, 15) is 18.0 Å². The zero-order valence-corrected chi connectivity index (χ0v) is 20.3. The van der Waals surface area contributed by atoms with Gasteiger partial charge in [-0.25, -0.2) is 8.42 Å². The van der Waals surface area contributed by atoms with Crippen LogP contribution in [-0.4, -0.2) is 55.6 Å². The molecule has 2 rings (SSSR count). The van der Waals surface area contributed by atoms with Crippen molar-refractivity contribution in [2.24, 2.45) is 0 Å². The number of carbonyl (C=O) groups is 2. The molecule has 2 aromatic rings. The molecule has 0 saturated heterocycles. The minimum absolute atomic E-state index is 0.124. The normalized spacial score (nSPS) is 12.4. The fourth-order valence-corrected chi connectivity index (χ4v) is 4.60. The number of likely N-dealkylation sites (N-methyl/N-ethyl adjacent to an activating group) is 2. The van der Waals surface area contributed by atoms with Crippen LogP contribution in [0.1, 0.15) is 37.0 Å². The number of hydrogen-bond donors (Lipinski definition) is 1. The van der Waals surface area contributed by atoms with Gasteiger partial charge in [0.25, 0.3) is 0 Å². The molecule has 0 aliphatic rings. The van der Waals surface area contributed by atoms with E-state index in [0.29, 0.717) is 13.0 Å². The van der Waals surface area contributed by atoms with Gasteiger partial charge in [-0.15, -0.1) is 0 Å². The van der Waals surface area contributed by atoms with Crippen LogP contribution in [0.25, 0.3) is 0 Å². The van der Waals surface area contributed by atoms with Crippen LogP contribution in [0, 0.1) is 13.8 Å². The van der Waals surface area contributed by atoms with Crippen LogP contribution in [0.3, 0.4) is 0 Å². The summed E-state index contributed by atoms with van der Waals surface area (Å²) in [7, 11) is -2.46. The van der Waals surface area contributed by atoms with E-state index in [1.807, 2.05) is 52.0 Å². The van der Waals surface area contributed by atoms with Gasteiger partial charge in [-0.2, -0.15) is 4.31 Å². The molecule has 174 valence electrons. The predicted molar refractivity (Wildman–Crippen MR) is 125 cm³/mol. The molecule has 32 heavy (non-hydrogen) atoms. The molecule has 0 heterocycles. The lowest BCUT2D eigenvalue weighted by molar-refractivity contribution is -0.141. The molecule has 0 spiro atoms. The molecule has 0 unspecified atom stereocenters. The van der Waals surface area contributed by atoms with Gasteiger partial charge in [-0.05, 0) is 44.9 Å². The highest BCUT2D eigenvalue weighted by atomic mass is 32.2. The van der Waals surface area contributed by atoms with Gasteiger partial charge >= 0.3 is 0 Å². The molecule has 0 aliphatic heterocycles. The Balaban J connectivity index is 2.31. The number of amides is 2. The molecule has 8 heteroatoms. The van der Waals surface area contributed by atoms with Crippen molar-refractivity contribution in [1.82, 2.24) is 14.5 Å². The third-order valence-electron chi connectivity index (χ3n) is 5.26. The molecule has 2 amide bonds. The molecular weight excluding hydrogens is 426 g/mol. The summed E-state index contributed by atoms with van der Waals surface area (Å²) in [5, 5.41) is 2.78. The van der Waals surface area contributed by atoms with Gasteiger partial charge in [0.05, 0.1) is 11.4 Å². The molecule has 0 saturated carbocycles. The second kappa shape index (κ2) is 11.2. The number of carbonyl (C=O) groups excluding carboxylic acids is 2. The average Bonchev–Trinajstić information content (AvgIpc) is 2.74. The van der Waals surface area contributed by atoms with Gasteiger partial charge in [-0.3, -0.25) is 9.59 Å². The summed E-state index contributed by atoms with van der Waals surface area (Å²) in [6.07, 6.45) is 0.414. The molecule has 0 bridgehead atoms. The molecule has 1 N–H and O–H groups in total. The largest absolute Gasteiger partial charge is 0.355 e. The standard InChI is InChI=1S/C24H33N3O4S/c1-6-22(24(29)25-7-2)27(16-20-10-8-9-19(4)15-20)23(28)17-26(5)32(30,31)21-13-11-18(3)12-14-21/h8-15,22H,6-7,16-17H2,1-5H3,(H,25,29)/t22-/m1/s1. The van der Waals surface area contributed by atoms with E-state index in [0.717, 1.165) is 21.0 Å². The van der Waals surface area contributed by atoms with E-state index in [2.05, 4.69) is 5.32 Å². The fourth-order valence-electron chi connectivity index (χ4n) is 3.48. The third-order valence-corrected chi connectivity index (χ3v) is 7.08. The van der Waals surface area contributed by atoms with Crippen molar-refractivity contribution in [1.29, 1.82) is 0 Å². The van der Waals surface area contributed by atoms with E-state index >= 15 is 0 Å². The van der Waals surface area contributed by atoms with E-state index < -0.39 is 22.0 Å². The first-order chi connectivity index (χ1) is 15.1. The van der Waals surface area contributed by atoms with Crippen LogP contribution in [0.5, 0.6) is 0 Å². The average molecular weight is 460 g/mol. The number of hydrogen-bond acceptors (Lipinski definition) is 4. The summed E-state index contributed by atoms with van der Waals surface area (Å²) >= 11 is 0. The fraction of sp³-hybridized carbons (Fsp3) is 0.417. The molecule has 1 atom stereocenters. The Morgan fingerprint density at radius 3 is 2.22 bits per heavy atom. The lowest BCUT2D eigenvalue weighted by Crippen LogP contribution is -2.51. The lowest BCUT2D eigenvalue weighted by atomic mass is 10.1. The number of benzene rings is 2. The number of sulfonamides is 1. The zero-order chi connectivity index (χ0) is 23.9. The Kier molecular flexibility index (Phi) is 8.98. The highest BCUT2D eigenvalue weighted by Gasteiger charge is 2.31. The number of rotatable bonds is 10. The molecule has 0 radical (unpaired) electrons. The van der Waals surface area contributed by atoms with Crippen molar-refractivity contribution in [3.8, 4) is 0 Å². The summed E-state index contributed by atoms with van der Waals surface area (Å²) in [6.45, 7) is 7.79. The monoisotopic (exact) mass is 459 g/mol.